The molecule has 0 aromatic rings. The lowest BCUT2D eigenvalue weighted by molar-refractivity contribution is -0.130. The topological polar surface area (TPSA) is 17.1 Å². The fourth-order valence-corrected chi connectivity index (χ4v) is 3.85. The van der Waals surface area contributed by atoms with Gasteiger partial charge in [0.15, 0.2) is 0 Å². The average molecular weight is 266 g/mol. The molecule has 0 bridgehead atoms. The van der Waals surface area contributed by atoms with Crippen LogP contribution in [-0.4, -0.2) is 5.78 Å². The summed E-state index contributed by atoms with van der Waals surface area (Å²) in [7, 11) is 0. The highest BCUT2D eigenvalue weighted by Gasteiger charge is 2.41. The van der Waals surface area contributed by atoms with Crippen molar-refractivity contribution in [1.29, 1.82) is 0 Å². The van der Waals surface area contributed by atoms with Crippen molar-refractivity contribution < 1.29 is 4.79 Å². The Bertz CT molecular complexity index is 261. The van der Waals surface area contributed by atoms with E-state index in [1.165, 1.54) is 38.5 Å². The van der Waals surface area contributed by atoms with Crippen LogP contribution in [0.4, 0.5) is 0 Å². The van der Waals surface area contributed by atoms with Crippen molar-refractivity contribution in [2.45, 2.75) is 91.9 Å². The second kappa shape index (κ2) is 8.07. The zero-order chi connectivity index (χ0) is 14.3. The van der Waals surface area contributed by atoms with E-state index in [2.05, 4.69) is 27.7 Å². The molecule has 0 aromatic heterocycles. The van der Waals surface area contributed by atoms with Crippen LogP contribution in [-0.2, 0) is 4.79 Å². The van der Waals surface area contributed by atoms with Gasteiger partial charge in [0.05, 0.1) is 0 Å². The summed E-state index contributed by atoms with van der Waals surface area (Å²) in [5, 5.41) is 0. The summed E-state index contributed by atoms with van der Waals surface area (Å²) < 4.78 is 0. The molecule has 0 spiro atoms. The molecule has 19 heavy (non-hydrogen) atoms. The number of carbonyl (C=O) groups excluding carboxylic acids is 1. The Morgan fingerprint density at radius 2 is 1.79 bits per heavy atom. The molecule has 0 radical (unpaired) electrons. The van der Waals surface area contributed by atoms with Crippen molar-refractivity contribution >= 4 is 5.78 Å². The summed E-state index contributed by atoms with van der Waals surface area (Å²) in [6.45, 7) is 9.02. The Morgan fingerprint density at radius 1 is 1.16 bits per heavy atom. The van der Waals surface area contributed by atoms with Gasteiger partial charge in [0.1, 0.15) is 5.78 Å². The maximum Gasteiger partial charge on any atom is 0.139 e. The average Bonchev–Trinajstić information content (AvgIpc) is 2.83. The van der Waals surface area contributed by atoms with Crippen molar-refractivity contribution in [3.05, 3.63) is 0 Å². The highest BCUT2D eigenvalue weighted by atomic mass is 16.1. The minimum Gasteiger partial charge on any atom is -0.299 e. The van der Waals surface area contributed by atoms with Gasteiger partial charge in [0, 0.05) is 11.8 Å². The highest BCUT2D eigenvalue weighted by molar-refractivity contribution is 5.85. The molecule has 0 aliphatic heterocycles. The Kier molecular flexibility index (Phi) is 7.10. The third kappa shape index (κ3) is 4.93. The third-order valence-electron chi connectivity index (χ3n) is 4.97. The minimum absolute atomic E-state index is 0.0633. The number of unbranched alkanes of at least 4 members (excludes halogenated alkanes) is 1. The molecule has 1 aliphatic carbocycles. The standard InChI is InChI=1S/C18H34O/c1-5-7-10-16(6-2)13-17(19)18(14-15(3)4)11-8-9-12-18/h15-16H,5-14H2,1-4H3. The van der Waals surface area contributed by atoms with E-state index >= 15 is 0 Å². The summed E-state index contributed by atoms with van der Waals surface area (Å²) in [4.78, 5) is 12.8. The van der Waals surface area contributed by atoms with Gasteiger partial charge in [0.25, 0.3) is 0 Å². The van der Waals surface area contributed by atoms with Gasteiger partial charge in [-0.05, 0) is 31.1 Å². The van der Waals surface area contributed by atoms with Gasteiger partial charge in [0.2, 0.25) is 0 Å². The van der Waals surface area contributed by atoms with Crippen LogP contribution in [0.1, 0.15) is 91.9 Å². The van der Waals surface area contributed by atoms with Crippen LogP contribution in [0.15, 0.2) is 0 Å². The van der Waals surface area contributed by atoms with Gasteiger partial charge in [-0.1, -0.05) is 66.2 Å². The van der Waals surface area contributed by atoms with E-state index < -0.39 is 0 Å². The SMILES string of the molecule is CCCCC(CC)CC(=O)C1(CC(C)C)CCCC1. The van der Waals surface area contributed by atoms with Gasteiger partial charge in [-0.15, -0.1) is 0 Å². The van der Waals surface area contributed by atoms with Crippen LogP contribution in [0.3, 0.4) is 0 Å². The molecule has 112 valence electrons. The van der Waals surface area contributed by atoms with Crippen LogP contribution in [0.5, 0.6) is 0 Å². The Balaban J connectivity index is 2.61. The molecule has 1 rings (SSSR count). The number of rotatable bonds is 9. The van der Waals surface area contributed by atoms with Gasteiger partial charge in [-0.25, -0.2) is 0 Å². The number of hydrogen-bond donors (Lipinski definition) is 0. The molecule has 0 N–H and O–H groups in total. The highest BCUT2D eigenvalue weighted by Crippen LogP contribution is 2.45. The summed E-state index contributed by atoms with van der Waals surface area (Å²) in [5.74, 6) is 1.89. The summed E-state index contributed by atoms with van der Waals surface area (Å²) in [6, 6.07) is 0. The van der Waals surface area contributed by atoms with Crippen molar-refractivity contribution in [2.75, 3.05) is 0 Å². The van der Waals surface area contributed by atoms with Crippen molar-refractivity contribution in [2.24, 2.45) is 17.3 Å². The fraction of sp³-hybridized carbons (Fsp3) is 0.944. The Morgan fingerprint density at radius 3 is 2.26 bits per heavy atom. The van der Waals surface area contributed by atoms with Crippen LogP contribution >= 0.6 is 0 Å². The molecule has 1 saturated carbocycles. The first kappa shape index (κ1) is 16.7. The first-order valence-electron chi connectivity index (χ1n) is 8.57. The predicted octanol–water partition coefficient (Wildman–Crippen LogP) is 5.77. The van der Waals surface area contributed by atoms with Gasteiger partial charge in [-0.2, -0.15) is 0 Å². The van der Waals surface area contributed by atoms with E-state index in [-0.39, 0.29) is 5.41 Å². The molecule has 1 heteroatoms. The fourth-order valence-electron chi connectivity index (χ4n) is 3.85. The lowest BCUT2D eigenvalue weighted by atomic mass is 9.72. The minimum atomic E-state index is 0.0633. The van der Waals surface area contributed by atoms with Crippen LogP contribution in [0.25, 0.3) is 0 Å². The van der Waals surface area contributed by atoms with E-state index in [0.29, 0.717) is 17.6 Å². The molecule has 1 nitrogen and oxygen atoms in total. The number of Topliss-reactive ketones (excluding diaryl/α,β-unsaturated/α-hetero) is 1. The summed E-state index contributed by atoms with van der Waals surface area (Å²) in [5.41, 5.74) is 0.0633. The number of hydrogen-bond acceptors (Lipinski definition) is 1. The zero-order valence-corrected chi connectivity index (χ0v) is 13.6. The predicted molar refractivity (Wildman–Crippen MR) is 83.3 cm³/mol. The van der Waals surface area contributed by atoms with Crippen molar-refractivity contribution in [3.63, 3.8) is 0 Å². The molecule has 1 unspecified atom stereocenters. The van der Waals surface area contributed by atoms with E-state index in [4.69, 9.17) is 0 Å². The summed E-state index contributed by atoms with van der Waals surface area (Å²) in [6.07, 6.45) is 11.8. The van der Waals surface area contributed by atoms with Crippen LogP contribution in [0, 0.1) is 17.3 Å². The lowest BCUT2D eigenvalue weighted by Gasteiger charge is -2.31. The largest absolute Gasteiger partial charge is 0.299 e. The van der Waals surface area contributed by atoms with Gasteiger partial charge >= 0.3 is 0 Å². The number of ketones is 1. The smallest absolute Gasteiger partial charge is 0.139 e. The van der Waals surface area contributed by atoms with Crippen molar-refractivity contribution in [1.82, 2.24) is 0 Å². The van der Waals surface area contributed by atoms with Crippen LogP contribution in [0.2, 0.25) is 0 Å². The normalized spacial score (nSPS) is 19.8. The zero-order valence-electron chi connectivity index (χ0n) is 13.6. The van der Waals surface area contributed by atoms with E-state index in [1.807, 2.05) is 0 Å². The second-order valence-corrected chi connectivity index (χ2v) is 7.13. The van der Waals surface area contributed by atoms with Crippen molar-refractivity contribution in [3.8, 4) is 0 Å². The third-order valence-corrected chi connectivity index (χ3v) is 4.97. The first-order chi connectivity index (χ1) is 9.04. The second-order valence-electron chi connectivity index (χ2n) is 7.13. The van der Waals surface area contributed by atoms with Gasteiger partial charge in [-0.3, -0.25) is 4.79 Å². The van der Waals surface area contributed by atoms with E-state index in [0.717, 1.165) is 25.7 Å². The quantitative estimate of drug-likeness (QED) is 0.518. The van der Waals surface area contributed by atoms with Crippen LogP contribution < -0.4 is 0 Å². The summed E-state index contributed by atoms with van der Waals surface area (Å²) >= 11 is 0. The molecule has 0 saturated heterocycles. The molecular formula is C18H34O. The molecule has 1 aliphatic rings. The molecular weight excluding hydrogens is 232 g/mol. The first-order valence-corrected chi connectivity index (χ1v) is 8.57. The van der Waals surface area contributed by atoms with E-state index in [1.54, 1.807) is 0 Å². The Hall–Kier alpha value is -0.330. The maximum absolute atomic E-state index is 12.8. The molecule has 1 atom stereocenters. The van der Waals surface area contributed by atoms with Gasteiger partial charge < -0.3 is 0 Å². The molecule has 0 aromatic carbocycles. The maximum atomic E-state index is 12.8. The monoisotopic (exact) mass is 266 g/mol. The Labute approximate surface area is 120 Å². The van der Waals surface area contributed by atoms with E-state index in [9.17, 15) is 4.79 Å². The molecule has 0 amide bonds. The lowest BCUT2D eigenvalue weighted by Crippen LogP contribution is -2.31. The number of carbonyl (C=O) groups is 1. The molecule has 0 heterocycles. The molecule has 1 fully saturated rings.